The number of ether oxygens (including phenoxy) is 1. The number of rotatable bonds is 6. The molecule has 7 heteroatoms. The fraction of sp³-hybridized carbons (Fsp3) is 0.296. The number of phenolic OH excluding ortho intramolecular Hbond substituents is 4. The van der Waals surface area contributed by atoms with Gasteiger partial charge < -0.3 is 25.2 Å². The lowest BCUT2D eigenvalue weighted by Gasteiger charge is -2.22. The Kier molecular flexibility index (Phi) is 5.79. The maximum absolute atomic E-state index is 13.4. The number of hydrogen-bond donors (Lipinski definition) is 4. The maximum atomic E-state index is 13.4. The quantitative estimate of drug-likeness (QED) is 0.438. The van der Waals surface area contributed by atoms with Crippen molar-refractivity contribution in [1.29, 1.82) is 0 Å². The molecule has 0 bridgehead atoms. The van der Waals surface area contributed by atoms with E-state index in [1.807, 2.05) is 24.3 Å². The summed E-state index contributed by atoms with van der Waals surface area (Å²) in [4.78, 5) is 15.8. The SMILES string of the molecule is O=C1c2cc(O)cc(O)c2C(c2ccc(OCCN3CCCC3)cc2)C1c1cc(O)cc(O)c1. The van der Waals surface area contributed by atoms with Gasteiger partial charge in [-0.1, -0.05) is 12.1 Å². The summed E-state index contributed by atoms with van der Waals surface area (Å²) in [5, 5.41) is 40.7. The second-order valence-corrected chi connectivity index (χ2v) is 8.99. The summed E-state index contributed by atoms with van der Waals surface area (Å²) in [7, 11) is 0. The van der Waals surface area contributed by atoms with Gasteiger partial charge in [-0.3, -0.25) is 9.69 Å². The Morgan fingerprint density at radius 2 is 1.44 bits per heavy atom. The summed E-state index contributed by atoms with van der Waals surface area (Å²) in [6, 6.07) is 14.1. The highest BCUT2D eigenvalue weighted by Gasteiger charge is 2.44. The number of nitrogens with zero attached hydrogens (tertiary/aromatic N) is 1. The zero-order chi connectivity index (χ0) is 23.8. The number of carbonyl (C=O) groups is 1. The average molecular weight is 462 g/mol. The highest BCUT2D eigenvalue weighted by molar-refractivity contribution is 6.08. The number of phenols is 4. The first-order chi connectivity index (χ1) is 16.4. The molecule has 0 amide bonds. The van der Waals surface area contributed by atoms with E-state index in [1.165, 1.54) is 43.2 Å². The first-order valence-corrected chi connectivity index (χ1v) is 11.5. The monoisotopic (exact) mass is 461 g/mol. The van der Waals surface area contributed by atoms with Crippen molar-refractivity contribution >= 4 is 5.78 Å². The molecule has 4 N–H and O–H groups in total. The minimum absolute atomic E-state index is 0.161. The molecule has 34 heavy (non-hydrogen) atoms. The second kappa shape index (κ2) is 8.91. The van der Waals surface area contributed by atoms with Crippen molar-refractivity contribution in [2.24, 2.45) is 0 Å². The first kappa shape index (κ1) is 22.1. The van der Waals surface area contributed by atoms with E-state index in [9.17, 15) is 25.2 Å². The lowest BCUT2D eigenvalue weighted by Crippen LogP contribution is -2.25. The Hall–Kier alpha value is -3.71. The number of ketones is 1. The van der Waals surface area contributed by atoms with E-state index in [-0.39, 0.29) is 34.3 Å². The van der Waals surface area contributed by atoms with Crippen molar-refractivity contribution < 1.29 is 30.0 Å². The molecule has 176 valence electrons. The number of Topliss-reactive ketones (excluding diaryl/α,β-unsaturated/α-hetero) is 1. The molecular formula is C27H27NO6. The van der Waals surface area contributed by atoms with Crippen LogP contribution in [0.3, 0.4) is 0 Å². The molecule has 3 aromatic rings. The van der Waals surface area contributed by atoms with Crippen LogP contribution in [0.15, 0.2) is 54.6 Å². The fourth-order valence-corrected chi connectivity index (χ4v) is 5.21. The van der Waals surface area contributed by atoms with Gasteiger partial charge in [-0.05, 0) is 67.4 Å². The van der Waals surface area contributed by atoms with Crippen molar-refractivity contribution in [3.8, 4) is 28.7 Å². The van der Waals surface area contributed by atoms with Gasteiger partial charge in [0.25, 0.3) is 0 Å². The van der Waals surface area contributed by atoms with E-state index in [4.69, 9.17) is 4.74 Å². The van der Waals surface area contributed by atoms with Crippen LogP contribution in [0.5, 0.6) is 28.7 Å². The second-order valence-electron chi connectivity index (χ2n) is 8.99. The Labute approximate surface area is 197 Å². The number of likely N-dealkylation sites (tertiary alicyclic amines) is 1. The third kappa shape index (κ3) is 4.15. The van der Waals surface area contributed by atoms with Crippen LogP contribution in [0.4, 0.5) is 0 Å². The zero-order valence-corrected chi connectivity index (χ0v) is 18.6. The average Bonchev–Trinajstić information content (AvgIpc) is 3.40. The third-order valence-corrected chi connectivity index (χ3v) is 6.73. The van der Waals surface area contributed by atoms with Gasteiger partial charge in [0.05, 0.1) is 5.92 Å². The number of benzene rings is 3. The topological polar surface area (TPSA) is 110 Å². The van der Waals surface area contributed by atoms with Gasteiger partial charge in [-0.15, -0.1) is 0 Å². The molecule has 0 saturated carbocycles. The smallest absolute Gasteiger partial charge is 0.171 e. The normalized spacial score (nSPS) is 19.9. The number of carbonyl (C=O) groups excluding carboxylic acids is 1. The van der Waals surface area contributed by atoms with Gasteiger partial charge in [-0.25, -0.2) is 0 Å². The van der Waals surface area contributed by atoms with Crippen LogP contribution in [0.25, 0.3) is 0 Å². The molecule has 0 aromatic heterocycles. The zero-order valence-electron chi connectivity index (χ0n) is 18.6. The minimum atomic E-state index is -0.789. The van der Waals surface area contributed by atoms with Gasteiger partial charge in [0.15, 0.2) is 5.78 Å². The summed E-state index contributed by atoms with van der Waals surface area (Å²) < 4.78 is 5.90. The van der Waals surface area contributed by atoms with Crippen molar-refractivity contribution in [1.82, 2.24) is 4.90 Å². The first-order valence-electron chi connectivity index (χ1n) is 11.5. The molecule has 2 atom stereocenters. The van der Waals surface area contributed by atoms with E-state index in [0.717, 1.165) is 25.2 Å². The molecule has 0 radical (unpaired) electrons. The molecule has 2 unspecified atom stereocenters. The predicted octanol–water partition coefficient (Wildman–Crippen LogP) is 4.10. The summed E-state index contributed by atoms with van der Waals surface area (Å²) >= 11 is 0. The van der Waals surface area contributed by atoms with Crippen LogP contribution in [-0.4, -0.2) is 57.4 Å². The predicted molar refractivity (Wildman–Crippen MR) is 126 cm³/mol. The highest BCUT2D eigenvalue weighted by Crippen LogP contribution is 2.52. The molecule has 1 saturated heterocycles. The molecule has 0 spiro atoms. The fourth-order valence-electron chi connectivity index (χ4n) is 5.21. The van der Waals surface area contributed by atoms with Gasteiger partial charge >= 0.3 is 0 Å². The molecule has 1 fully saturated rings. The van der Waals surface area contributed by atoms with Crippen molar-refractivity contribution in [3.05, 3.63) is 76.9 Å². The van der Waals surface area contributed by atoms with Gasteiger partial charge in [0.2, 0.25) is 0 Å². The van der Waals surface area contributed by atoms with E-state index < -0.39 is 11.8 Å². The van der Waals surface area contributed by atoms with Crippen LogP contribution in [0.2, 0.25) is 0 Å². The van der Waals surface area contributed by atoms with E-state index in [2.05, 4.69) is 4.90 Å². The molecule has 5 rings (SSSR count). The van der Waals surface area contributed by atoms with E-state index in [1.54, 1.807) is 0 Å². The van der Waals surface area contributed by atoms with Crippen LogP contribution in [0.1, 0.15) is 51.7 Å². The third-order valence-electron chi connectivity index (χ3n) is 6.73. The summed E-state index contributed by atoms with van der Waals surface area (Å²) in [6.07, 6.45) is 2.47. The van der Waals surface area contributed by atoms with Gasteiger partial charge in [-0.2, -0.15) is 0 Å². The number of fused-ring (bicyclic) bond motifs is 1. The summed E-state index contributed by atoms with van der Waals surface area (Å²) in [6.45, 7) is 3.70. The molecular weight excluding hydrogens is 434 g/mol. The van der Waals surface area contributed by atoms with Crippen LogP contribution in [-0.2, 0) is 0 Å². The lowest BCUT2D eigenvalue weighted by atomic mass is 9.81. The van der Waals surface area contributed by atoms with E-state index in [0.29, 0.717) is 23.5 Å². The number of hydrogen-bond acceptors (Lipinski definition) is 7. The minimum Gasteiger partial charge on any atom is -0.508 e. The molecule has 2 aliphatic rings. The molecule has 3 aromatic carbocycles. The van der Waals surface area contributed by atoms with Crippen molar-refractivity contribution in [3.63, 3.8) is 0 Å². The Morgan fingerprint density at radius 1 is 0.794 bits per heavy atom. The van der Waals surface area contributed by atoms with Crippen molar-refractivity contribution in [2.45, 2.75) is 24.7 Å². The van der Waals surface area contributed by atoms with E-state index >= 15 is 0 Å². The van der Waals surface area contributed by atoms with Crippen LogP contribution in [0, 0.1) is 0 Å². The molecule has 1 heterocycles. The van der Waals surface area contributed by atoms with Crippen molar-refractivity contribution in [2.75, 3.05) is 26.2 Å². The molecule has 7 nitrogen and oxygen atoms in total. The Balaban J connectivity index is 1.47. The van der Waals surface area contributed by atoms with Gasteiger partial charge in [0.1, 0.15) is 35.4 Å². The number of aromatic hydroxyl groups is 4. The summed E-state index contributed by atoms with van der Waals surface area (Å²) in [5.41, 5.74) is 1.83. The highest BCUT2D eigenvalue weighted by atomic mass is 16.5. The Bertz CT molecular complexity index is 1200. The molecule has 1 aliphatic carbocycles. The van der Waals surface area contributed by atoms with Gasteiger partial charge in [0, 0.05) is 35.7 Å². The lowest BCUT2D eigenvalue weighted by molar-refractivity contribution is 0.0968. The Morgan fingerprint density at radius 3 is 2.12 bits per heavy atom. The standard InChI is InChI=1S/C27H27NO6/c29-18-11-17(12-19(30)13-18)25-24(26-22(27(25)33)14-20(31)15-23(26)32)16-3-5-21(6-4-16)34-10-9-28-7-1-2-8-28/h3-6,11-15,24-25,29-32H,1-2,7-10H2. The summed E-state index contributed by atoms with van der Waals surface area (Å²) in [5.74, 6) is -1.64. The molecule has 1 aliphatic heterocycles. The van der Waals surface area contributed by atoms with Crippen LogP contribution >= 0.6 is 0 Å². The maximum Gasteiger partial charge on any atom is 0.171 e. The van der Waals surface area contributed by atoms with Crippen LogP contribution < -0.4 is 4.74 Å². The largest absolute Gasteiger partial charge is 0.508 e.